The number of likely N-dealkylation sites (tertiary alicyclic amines) is 1. The van der Waals surface area contributed by atoms with E-state index in [2.05, 4.69) is 9.71 Å². The van der Waals surface area contributed by atoms with Gasteiger partial charge in [-0.2, -0.15) is 0 Å². The molecule has 0 bridgehead atoms. The van der Waals surface area contributed by atoms with Gasteiger partial charge >= 0.3 is 0 Å². The number of aryl methyl sites for hydroxylation is 1. The third-order valence-corrected chi connectivity index (χ3v) is 5.56. The van der Waals surface area contributed by atoms with E-state index in [0.29, 0.717) is 12.2 Å². The molecule has 3 rings (SSSR count). The highest BCUT2D eigenvalue weighted by Crippen LogP contribution is 2.30. The van der Waals surface area contributed by atoms with Crippen molar-refractivity contribution in [2.75, 3.05) is 7.05 Å². The Morgan fingerprint density at radius 1 is 1.39 bits per heavy atom. The van der Waals surface area contributed by atoms with Crippen LogP contribution in [0.3, 0.4) is 0 Å². The van der Waals surface area contributed by atoms with Crippen molar-refractivity contribution < 1.29 is 17.6 Å². The Morgan fingerprint density at radius 2 is 2.17 bits per heavy atom. The van der Waals surface area contributed by atoms with E-state index in [1.807, 2.05) is 7.05 Å². The van der Waals surface area contributed by atoms with Gasteiger partial charge < -0.3 is 13.9 Å². The summed E-state index contributed by atoms with van der Waals surface area (Å²) >= 11 is 0. The fourth-order valence-electron chi connectivity index (χ4n) is 2.85. The van der Waals surface area contributed by atoms with Crippen LogP contribution in [0.2, 0.25) is 0 Å². The first-order valence-corrected chi connectivity index (χ1v) is 8.66. The van der Waals surface area contributed by atoms with E-state index >= 15 is 0 Å². The number of amides is 1. The highest BCUT2D eigenvalue weighted by Gasteiger charge is 2.39. The van der Waals surface area contributed by atoms with E-state index in [1.54, 1.807) is 28.9 Å². The summed E-state index contributed by atoms with van der Waals surface area (Å²) in [4.78, 5) is 17.9. The minimum absolute atomic E-state index is 0.0308. The maximum atomic E-state index is 12.4. The summed E-state index contributed by atoms with van der Waals surface area (Å²) in [5.41, 5.74) is 0. The number of likely N-dealkylation sites (N-methyl/N-ethyl adjacent to an activating group) is 1. The summed E-state index contributed by atoms with van der Waals surface area (Å²) < 4.78 is 34.2. The van der Waals surface area contributed by atoms with E-state index in [-0.39, 0.29) is 17.2 Å². The van der Waals surface area contributed by atoms with E-state index in [0.717, 1.165) is 0 Å². The molecule has 9 heteroatoms. The molecule has 2 aromatic heterocycles. The molecule has 2 atom stereocenters. The number of hydrogen-bond donors (Lipinski definition) is 1. The Balaban J connectivity index is 1.93. The maximum absolute atomic E-state index is 12.4. The second kappa shape index (κ2) is 5.82. The second-order valence-corrected chi connectivity index (χ2v) is 7.29. The van der Waals surface area contributed by atoms with Crippen LogP contribution in [0.15, 0.2) is 40.3 Å². The summed E-state index contributed by atoms with van der Waals surface area (Å²) in [6.45, 7) is 0. The number of imidazole rings is 1. The third-order valence-electron chi connectivity index (χ3n) is 4.10. The lowest BCUT2D eigenvalue weighted by atomic mass is 9.96. The monoisotopic (exact) mass is 338 g/mol. The van der Waals surface area contributed by atoms with E-state index < -0.39 is 22.1 Å². The van der Waals surface area contributed by atoms with Crippen molar-refractivity contribution in [3.8, 4) is 0 Å². The lowest BCUT2D eigenvalue weighted by Crippen LogP contribution is -2.51. The molecule has 0 unspecified atom stereocenters. The van der Waals surface area contributed by atoms with Crippen molar-refractivity contribution in [2.45, 2.75) is 29.8 Å². The molecule has 0 saturated carbocycles. The number of carbonyl (C=O) groups excluding carboxylic acids is 1. The first kappa shape index (κ1) is 15.8. The summed E-state index contributed by atoms with van der Waals surface area (Å²) in [6, 6.07) is 0.465. The minimum atomic E-state index is -3.71. The summed E-state index contributed by atoms with van der Waals surface area (Å²) in [6.07, 6.45) is 6.58. The molecule has 0 radical (unpaired) electrons. The molecule has 3 heterocycles. The number of nitrogens with one attached hydrogen (secondary N) is 1. The van der Waals surface area contributed by atoms with Gasteiger partial charge in [-0.05, 0) is 12.5 Å². The molecular weight excluding hydrogens is 320 g/mol. The van der Waals surface area contributed by atoms with Crippen molar-refractivity contribution in [3.63, 3.8) is 0 Å². The predicted molar refractivity (Wildman–Crippen MR) is 80.8 cm³/mol. The molecule has 1 fully saturated rings. The zero-order valence-electron chi connectivity index (χ0n) is 12.8. The summed E-state index contributed by atoms with van der Waals surface area (Å²) in [5, 5.41) is 0. The number of rotatable bonds is 4. The molecule has 1 amide bonds. The van der Waals surface area contributed by atoms with Crippen LogP contribution in [0.1, 0.15) is 24.7 Å². The maximum Gasteiger partial charge on any atom is 0.244 e. The van der Waals surface area contributed by atoms with Crippen LogP contribution >= 0.6 is 0 Å². The van der Waals surface area contributed by atoms with Gasteiger partial charge in [0.15, 0.2) is 0 Å². The van der Waals surface area contributed by atoms with Crippen LogP contribution in [0.4, 0.5) is 0 Å². The zero-order chi connectivity index (χ0) is 16.6. The van der Waals surface area contributed by atoms with Gasteiger partial charge in [0.25, 0.3) is 0 Å². The van der Waals surface area contributed by atoms with Crippen LogP contribution in [-0.4, -0.2) is 41.9 Å². The molecular formula is C14H18N4O4S. The van der Waals surface area contributed by atoms with Gasteiger partial charge in [0.1, 0.15) is 23.0 Å². The molecule has 0 aliphatic carbocycles. The van der Waals surface area contributed by atoms with Crippen molar-refractivity contribution >= 4 is 15.9 Å². The Hall–Kier alpha value is -2.13. The number of piperidine rings is 1. The Kier molecular flexibility index (Phi) is 3.99. The predicted octanol–water partition coefficient (Wildman–Crippen LogP) is 0.653. The Bertz CT molecular complexity index is 797. The van der Waals surface area contributed by atoms with E-state index in [1.165, 1.54) is 18.6 Å². The number of sulfonamides is 1. The highest BCUT2D eigenvalue weighted by atomic mass is 32.2. The van der Waals surface area contributed by atoms with Crippen molar-refractivity contribution in [1.82, 2.24) is 19.2 Å². The van der Waals surface area contributed by atoms with Crippen molar-refractivity contribution in [1.29, 1.82) is 0 Å². The van der Waals surface area contributed by atoms with Gasteiger partial charge in [0.05, 0.1) is 12.3 Å². The Labute approximate surface area is 134 Å². The number of furan rings is 1. The van der Waals surface area contributed by atoms with Gasteiger partial charge in [-0.15, -0.1) is 0 Å². The highest BCUT2D eigenvalue weighted by molar-refractivity contribution is 7.89. The molecule has 8 nitrogen and oxygen atoms in total. The number of hydrogen-bond acceptors (Lipinski definition) is 5. The number of nitrogens with zero attached hydrogens (tertiary/aromatic N) is 3. The average molecular weight is 338 g/mol. The average Bonchev–Trinajstić information content (AvgIpc) is 3.15. The van der Waals surface area contributed by atoms with E-state index in [9.17, 15) is 13.2 Å². The van der Waals surface area contributed by atoms with Crippen LogP contribution in [0.5, 0.6) is 0 Å². The molecule has 0 spiro atoms. The molecule has 1 N–H and O–H groups in total. The lowest BCUT2D eigenvalue weighted by molar-refractivity contribution is -0.136. The molecule has 124 valence electrons. The van der Waals surface area contributed by atoms with Gasteiger partial charge in [-0.3, -0.25) is 4.79 Å². The topological polar surface area (TPSA) is 97.4 Å². The molecule has 2 aromatic rings. The van der Waals surface area contributed by atoms with Crippen molar-refractivity contribution in [3.05, 3.63) is 36.8 Å². The van der Waals surface area contributed by atoms with Crippen LogP contribution in [0, 0.1) is 0 Å². The normalized spacial score (nSPS) is 22.5. The first-order chi connectivity index (χ1) is 10.9. The van der Waals surface area contributed by atoms with Gasteiger partial charge in [-0.1, -0.05) is 0 Å². The van der Waals surface area contributed by atoms with Crippen LogP contribution in [-0.2, 0) is 21.9 Å². The van der Waals surface area contributed by atoms with E-state index in [4.69, 9.17) is 4.42 Å². The summed E-state index contributed by atoms with van der Waals surface area (Å²) in [7, 11) is -0.230. The zero-order valence-corrected chi connectivity index (χ0v) is 13.7. The second-order valence-electron chi connectivity index (χ2n) is 5.57. The van der Waals surface area contributed by atoms with Crippen LogP contribution in [0.25, 0.3) is 0 Å². The molecule has 1 saturated heterocycles. The smallest absolute Gasteiger partial charge is 0.244 e. The molecule has 0 aromatic carbocycles. The fraction of sp³-hybridized carbons (Fsp3) is 0.429. The molecule has 1 aliphatic rings. The standard InChI is InChI=1S/C14H18N4O4S/c1-17-7-6-15-14(17)13-11(3-4-12(19)18(13)2)16-23(20,21)10-5-8-22-9-10/h5-9,11,13,16H,3-4H2,1-2H3/t11-,13-/m1/s1. The largest absolute Gasteiger partial charge is 0.471 e. The quantitative estimate of drug-likeness (QED) is 0.883. The SMILES string of the molecule is CN1C(=O)CC[C@@H](NS(=O)(=O)c2ccoc2)[C@@H]1c1nccn1C. The minimum Gasteiger partial charge on any atom is -0.471 e. The third kappa shape index (κ3) is 2.89. The number of aromatic nitrogens is 2. The van der Waals surface area contributed by atoms with Gasteiger partial charge in [0.2, 0.25) is 15.9 Å². The first-order valence-electron chi connectivity index (χ1n) is 7.17. The molecule has 23 heavy (non-hydrogen) atoms. The summed E-state index contributed by atoms with van der Waals surface area (Å²) in [5.74, 6) is 0.609. The number of carbonyl (C=O) groups is 1. The molecule has 1 aliphatic heterocycles. The van der Waals surface area contributed by atoms with Crippen LogP contribution < -0.4 is 4.72 Å². The van der Waals surface area contributed by atoms with Crippen molar-refractivity contribution in [2.24, 2.45) is 7.05 Å². The lowest BCUT2D eigenvalue weighted by Gasteiger charge is -2.38. The van der Waals surface area contributed by atoms with Gasteiger partial charge in [0, 0.05) is 32.9 Å². The Morgan fingerprint density at radius 3 is 2.78 bits per heavy atom. The fourth-order valence-corrected chi connectivity index (χ4v) is 4.05. The van der Waals surface area contributed by atoms with Gasteiger partial charge in [-0.25, -0.2) is 18.1 Å².